The molecule has 0 unspecified atom stereocenters. The molecule has 4 nitrogen and oxygen atoms in total. The summed E-state index contributed by atoms with van der Waals surface area (Å²) in [7, 11) is 0. The molecule has 0 saturated heterocycles. The highest BCUT2D eigenvalue weighted by molar-refractivity contribution is 5.94. The zero-order valence-corrected chi connectivity index (χ0v) is 12.1. The highest BCUT2D eigenvalue weighted by atomic mass is 35.5. The van der Waals surface area contributed by atoms with E-state index < -0.39 is 6.61 Å². The number of nitrogens with one attached hydrogen (secondary N) is 2. The molecular weight excluding hydrogens is 302 g/mol. The van der Waals surface area contributed by atoms with Gasteiger partial charge < -0.3 is 15.4 Å². The van der Waals surface area contributed by atoms with E-state index in [-0.39, 0.29) is 24.1 Å². The topological polar surface area (TPSA) is 50.4 Å². The predicted octanol–water partition coefficient (Wildman–Crippen LogP) is 2.36. The number of hydrogen-bond acceptors (Lipinski definition) is 3. The van der Waals surface area contributed by atoms with E-state index in [1.165, 1.54) is 29.8 Å². The Hall–Kier alpha value is -1.66. The molecule has 1 amide bonds. The first-order chi connectivity index (χ1) is 9.65. The molecule has 2 N–H and O–H groups in total. The van der Waals surface area contributed by atoms with Gasteiger partial charge in [-0.15, -0.1) is 12.4 Å². The lowest BCUT2D eigenvalue weighted by atomic mass is 10.1. The van der Waals surface area contributed by atoms with Crippen molar-refractivity contribution in [2.24, 2.45) is 0 Å². The lowest BCUT2D eigenvalue weighted by Gasteiger charge is -2.14. The maximum Gasteiger partial charge on any atom is 0.387 e. The first-order valence-electron chi connectivity index (χ1n) is 6.37. The van der Waals surface area contributed by atoms with Gasteiger partial charge in [-0.1, -0.05) is 11.6 Å². The summed E-state index contributed by atoms with van der Waals surface area (Å²) >= 11 is 0. The van der Waals surface area contributed by atoms with Crippen molar-refractivity contribution in [2.45, 2.75) is 13.0 Å². The van der Waals surface area contributed by atoms with Crippen LogP contribution in [0, 0.1) is 0 Å². The minimum atomic E-state index is -2.86. The van der Waals surface area contributed by atoms with Gasteiger partial charge in [-0.25, -0.2) is 0 Å². The summed E-state index contributed by atoms with van der Waals surface area (Å²) < 4.78 is 28.2. The summed E-state index contributed by atoms with van der Waals surface area (Å²) in [6, 6.07) is 5.63. The summed E-state index contributed by atoms with van der Waals surface area (Å²) in [5.74, 6) is -0.189. The van der Waals surface area contributed by atoms with E-state index in [1.54, 1.807) is 0 Å². The molecular formula is C14H17ClF2N2O2. The molecule has 0 aliphatic carbocycles. The van der Waals surface area contributed by atoms with Crippen molar-refractivity contribution in [1.82, 2.24) is 10.6 Å². The van der Waals surface area contributed by atoms with E-state index >= 15 is 0 Å². The van der Waals surface area contributed by atoms with Gasteiger partial charge in [-0.2, -0.15) is 8.78 Å². The molecule has 0 saturated carbocycles. The molecule has 1 aliphatic rings. The largest absolute Gasteiger partial charge is 0.435 e. The zero-order chi connectivity index (χ0) is 14.4. The summed E-state index contributed by atoms with van der Waals surface area (Å²) in [5, 5.41) is 6.00. The zero-order valence-electron chi connectivity index (χ0n) is 11.3. The SMILES string of the molecule is Cl.O=C(NCC1=CCNCC1)c1ccc(OC(F)F)cc1. The molecule has 0 aromatic heterocycles. The first kappa shape index (κ1) is 17.4. The van der Waals surface area contributed by atoms with Crippen LogP contribution in [0.25, 0.3) is 0 Å². The van der Waals surface area contributed by atoms with Crippen LogP contribution in [0.1, 0.15) is 16.8 Å². The molecule has 1 aromatic rings. The lowest BCUT2D eigenvalue weighted by Crippen LogP contribution is -2.29. The Balaban J connectivity index is 0.00000220. The summed E-state index contributed by atoms with van der Waals surface area (Å²) in [5.41, 5.74) is 1.61. The second kappa shape index (κ2) is 8.59. The van der Waals surface area contributed by atoms with Crippen LogP contribution >= 0.6 is 12.4 Å². The molecule has 1 aromatic carbocycles. The summed E-state index contributed by atoms with van der Waals surface area (Å²) in [6.07, 6.45) is 2.98. The number of ether oxygens (including phenoxy) is 1. The van der Waals surface area contributed by atoms with Crippen LogP contribution in [0.4, 0.5) is 8.78 Å². The lowest BCUT2D eigenvalue weighted by molar-refractivity contribution is -0.0498. The minimum absolute atomic E-state index is 0. The summed E-state index contributed by atoms with van der Waals surface area (Å²) in [4.78, 5) is 11.9. The number of halogens is 3. The maximum absolute atomic E-state index is 12.0. The fourth-order valence-corrected chi connectivity index (χ4v) is 1.91. The molecule has 21 heavy (non-hydrogen) atoms. The van der Waals surface area contributed by atoms with Crippen molar-refractivity contribution < 1.29 is 18.3 Å². The van der Waals surface area contributed by atoms with Crippen LogP contribution in [0.2, 0.25) is 0 Å². The monoisotopic (exact) mass is 318 g/mol. The Bertz CT molecular complexity index is 492. The standard InChI is InChI=1S/C14H16F2N2O2.ClH/c15-14(16)20-12-3-1-11(2-4-12)13(19)18-9-10-5-7-17-8-6-10;/h1-5,14,17H,6-9H2,(H,18,19);1H. The smallest absolute Gasteiger partial charge is 0.387 e. The third kappa shape index (κ3) is 5.69. The van der Waals surface area contributed by atoms with Crippen LogP contribution < -0.4 is 15.4 Å². The fourth-order valence-electron chi connectivity index (χ4n) is 1.91. The number of amides is 1. The third-order valence-electron chi connectivity index (χ3n) is 2.98. The number of carbonyl (C=O) groups excluding carboxylic acids is 1. The van der Waals surface area contributed by atoms with Crippen molar-refractivity contribution in [3.05, 3.63) is 41.5 Å². The predicted molar refractivity (Wildman–Crippen MR) is 78.2 cm³/mol. The minimum Gasteiger partial charge on any atom is -0.435 e. The quantitative estimate of drug-likeness (QED) is 0.819. The van der Waals surface area contributed by atoms with Gasteiger partial charge in [0.15, 0.2) is 0 Å². The van der Waals surface area contributed by atoms with Gasteiger partial charge in [0.25, 0.3) is 5.91 Å². The van der Waals surface area contributed by atoms with Crippen molar-refractivity contribution in [3.63, 3.8) is 0 Å². The van der Waals surface area contributed by atoms with Gasteiger partial charge in [0, 0.05) is 18.7 Å². The molecule has 0 radical (unpaired) electrons. The van der Waals surface area contributed by atoms with Gasteiger partial charge in [0.1, 0.15) is 5.75 Å². The fraction of sp³-hybridized carbons (Fsp3) is 0.357. The first-order valence-corrected chi connectivity index (χ1v) is 6.37. The Morgan fingerprint density at radius 1 is 1.33 bits per heavy atom. The molecule has 0 bridgehead atoms. The van der Waals surface area contributed by atoms with Crippen LogP contribution in [0.5, 0.6) is 5.75 Å². The van der Waals surface area contributed by atoms with Crippen molar-refractivity contribution in [1.29, 1.82) is 0 Å². The molecule has 0 fully saturated rings. The van der Waals surface area contributed by atoms with Gasteiger partial charge in [-0.05, 0) is 37.2 Å². The number of alkyl halides is 2. The van der Waals surface area contributed by atoms with E-state index in [0.717, 1.165) is 19.5 Å². The molecule has 0 spiro atoms. The van der Waals surface area contributed by atoms with E-state index in [2.05, 4.69) is 21.4 Å². The van der Waals surface area contributed by atoms with Crippen molar-refractivity contribution in [2.75, 3.05) is 19.6 Å². The van der Waals surface area contributed by atoms with Gasteiger partial charge >= 0.3 is 6.61 Å². The van der Waals surface area contributed by atoms with Crippen LogP contribution in [-0.4, -0.2) is 32.2 Å². The Kier molecular flexibility index (Phi) is 7.11. The average Bonchev–Trinajstić information content (AvgIpc) is 2.46. The highest BCUT2D eigenvalue weighted by Crippen LogP contribution is 2.15. The van der Waals surface area contributed by atoms with E-state index in [0.29, 0.717) is 12.1 Å². The second-order valence-corrected chi connectivity index (χ2v) is 4.40. The second-order valence-electron chi connectivity index (χ2n) is 4.40. The van der Waals surface area contributed by atoms with E-state index in [1.807, 2.05) is 0 Å². The number of carbonyl (C=O) groups is 1. The number of hydrogen-bond donors (Lipinski definition) is 2. The Morgan fingerprint density at radius 3 is 2.62 bits per heavy atom. The maximum atomic E-state index is 12.0. The number of benzene rings is 1. The Morgan fingerprint density at radius 2 is 2.05 bits per heavy atom. The molecule has 2 rings (SSSR count). The van der Waals surface area contributed by atoms with Gasteiger partial charge in [-0.3, -0.25) is 4.79 Å². The normalized spacial score (nSPS) is 14.1. The third-order valence-corrected chi connectivity index (χ3v) is 2.98. The Labute approximate surface area is 128 Å². The van der Waals surface area contributed by atoms with Crippen LogP contribution in [-0.2, 0) is 0 Å². The molecule has 7 heteroatoms. The molecule has 1 heterocycles. The van der Waals surface area contributed by atoms with Gasteiger partial charge in [0.2, 0.25) is 0 Å². The van der Waals surface area contributed by atoms with E-state index in [4.69, 9.17) is 0 Å². The summed E-state index contributed by atoms with van der Waals surface area (Å²) in [6.45, 7) is -0.608. The van der Waals surface area contributed by atoms with Crippen molar-refractivity contribution >= 4 is 18.3 Å². The van der Waals surface area contributed by atoms with E-state index in [9.17, 15) is 13.6 Å². The molecule has 116 valence electrons. The van der Waals surface area contributed by atoms with Gasteiger partial charge in [0.05, 0.1) is 0 Å². The molecule has 0 atom stereocenters. The molecule has 1 aliphatic heterocycles. The number of rotatable bonds is 5. The highest BCUT2D eigenvalue weighted by Gasteiger charge is 2.09. The van der Waals surface area contributed by atoms with Crippen LogP contribution in [0.3, 0.4) is 0 Å². The average molecular weight is 319 g/mol. The van der Waals surface area contributed by atoms with Crippen molar-refractivity contribution in [3.8, 4) is 5.75 Å². The van der Waals surface area contributed by atoms with Crippen LogP contribution in [0.15, 0.2) is 35.9 Å².